The Hall–Kier alpha value is -3.66. The van der Waals surface area contributed by atoms with E-state index in [0.29, 0.717) is 43.8 Å². The Kier molecular flexibility index (Phi) is 11.3. The lowest BCUT2D eigenvalue weighted by Gasteiger charge is -2.13. The Morgan fingerprint density at radius 2 is 1.97 bits per heavy atom. The Morgan fingerprint density at radius 1 is 1.18 bits per heavy atom. The van der Waals surface area contributed by atoms with Crippen molar-refractivity contribution in [3.63, 3.8) is 0 Å². The minimum Gasteiger partial charge on any atom is -0.465 e. The first-order valence-electron chi connectivity index (χ1n) is 11.7. The summed E-state index contributed by atoms with van der Waals surface area (Å²) in [6.45, 7) is 9.26. The second kappa shape index (κ2) is 14.5. The number of anilines is 1. The van der Waals surface area contributed by atoms with E-state index in [2.05, 4.69) is 40.5 Å². The highest BCUT2D eigenvalue weighted by molar-refractivity contribution is 5.95. The number of aliphatic imine (C=N–C) groups is 1. The van der Waals surface area contributed by atoms with Crippen molar-refractivity contribution in [3.05, 3.63) is 66.0 Å². The molecule has 0 aliphatic carbocycles. The predicted molar refractivity (Wildman–Crippen MR) is 137 cm³/mol. The van der Waals surface area contributed by atoms with Gasteiger partial charge in [-0.05, 0) is 54.0 Å². The molecule has 2 aromatic rings. The predicted octanol–water partition coefficient (Wildman–Crippen LogP) is 5.38. The molecule has 0 unspecified atom stereocenters. The van der Waals surface area contributed by atoms with Crippen molar-refractivity contribution in [2.24, 2.45) is 16.8 Å². The van der Waals surface area contributed by atoms with Crippen molar-refractivity contribution in [2.45, 2.75) is 47.0 Å². The van der Waals surface area contributed by atoms with Crippen LogP contribution in [0.15, 0.2) is 59.9 Å². The Bertz CT molecular complexity index is 1010. The summed E-state index contributed by atoms with van der Waals surface area (Å²) < 4.78 is 5.27. The molecule has 7 nitrogen and oxygen atoms in total. The topological polar surface area (TPSA) is 99.4 Å². The number of benzene rings is 1. The van der Waals surface area contributed by atoms with Crippen molar-refractivity contribution >= 4 is 23.2 Å². The van der Waals surface area contributed by atoms with Crippen LogP contribution in [0.5, 0.6) is 0 Å². The lowest BCUT2D eigenvalue weighted by atomic mass is 9.97. The maximum Gasteiger partial charge on any atom is 0.305 e. The monoisotopic (exact) mass is 461 g/mol. The van der Waals surface area contributed by atoms with Gasteiger partial charge in [0.15, 0.2) is 6.19 Å². The number of carbonyl (C=O) groups excluding carboxylic acids is 1. The molecule has 0 saturated carbocycles. The van der Waals surface area contributed by atoms with E-state index in [1.54, 1.807) is 6.20 Å². The van der Waals surface area contributed by atoms with Crippen molar-refractivity contribution in [3.8, 4) is 6.19 Å². The van der Waals surface area contributed by atoms with Gasteiger partial charge in [-0.25, -0.2) is 0 Å². The van der Waals surface area contributed by atoms with Gasteiger partial charge in [0.05, 0.1) is 6.61 Å². The molecule has 0 atom stereocenters. The van der Waals surface area contributed by atoms with E-state index in [-0.39, 0.29) is 5.97 Å². The van der Waals surface area contributed by atoms with Gasteiger partial charge in [0, 0.05) is 36.6 Å². The average Bonchev–Trinajstić information content (AvgIpc) is 2.82. The van der Waals surface area contributed by atoms with E-state index in [1.807, 2.05) is 62.6 Å². The molecule has 2 N–H and O–H groups in total. The smallest absolute Gasteiger partial charge is 0.305 e. The highest BCUT2D eigenvalue weighted by atomic mass is 16.5. The van der Waals surface area contributed by atoms with Crippen LogP contribution in [0, 0.1) is 23.3 Å². The molecular formula is C27H35N5O2. The molecule has 1 heterocycles. The summed E-state index contributed by atoms with van der Waals surface area (Å²) in [6.07, 6.45) is 9.47. The number of nitrogens with one attached hydrogen (secondary N) is 2. The quantitative estimate of drug-likeness (QED) is 0.116. The first-order valence-corrected chi connectivity index (χ1v) is 11.7. The van der Waals surface area contributed by atoms with Crippen molar-refractivity contribution < 1.29 is 9.53 Å². The Labute approximate surface area is 203 Å². The number of pyridine rings is 1. The van der Waals surface area contributed by atoms with Crippen LogP contribution in [0.3, 0.4) is 0 Å². The summed E-state index contributed by atoms with van der Waals surface area (Å²) >= 11 is 0. The van der Waals surface area contributed by atoms with Crippen molar-refractivity contribution in [2.75, 3.05) is 18.5 Å². The van der Waals surface area contributed by atoms with E-state index in [1.165, 1.54) is 0 Å². The number of hydrogen-bond donors (Lipinski definition) is 2. The molecule has 0 amide bonds. The van der Waals surface area contributed by atoms with Crippen LogP contribution in [0.2, 0.25) is 0 Å². The number of esters is 1. The molecule has 1 aromatic heterocycles. The second-order valence-corrected chi connectivity index (χ2v) is 8.85. The maximum atomic E-state index is 11.9. The number of aromatic nitrogens is 1. The molecule has 34 heavy (non-hydrogen) atoms. The van der Waals surface area contributed by atoms with E-state index in [4.69, 9.17) is 10.00 Å². The van der Waals surface area contributed by atoms with Crippen LogP contribution in [0.4, 0.5) is 5.69 Å². The zero-order chi connectivity index (χ0) is 24.8. The third kappa shape index (κ3) is 9.86. The summed E-state index contributed by atoms with van der Waals surface area (Å²) in [7, 11) is 0. The number of unbranched alkanes of at least 4 members (excludes halogenated alkanes) is 1. The fourth-order valence-corrected chi connectivity index (χ4v) is 3.09. The Balaban J connectivity index is 2.19. The fraction of sp³-hybridized carbons (Fsp3) is 0.407. The van der Waals surface area contributed by atoms with Crippen LogP contribution >= 0.6 is 0 Å². The van der Waals surface area contributed by atoms with E-state index in [0.717, 1.165) is 28.8 Å². The standard InChI is InChI=1S/C27H35N5O2/c1-20(2)16-30-27(31-19-28)32-24-11-7-9-22(15-24)25(23-10-8-14-29-17-23)12-5-6-13-26(33)34-18-21(3)4/h7-12,14-15,17,20-21H,5-6,13,16,18H2,1-4H3,(H2,30,31,32)/b25-12+. The third-order valence-corrected chi connectivity index (χ3v) is 4.71. The van der Waals surface area contributed by atoms with Crippen LogP contribution in [-0.2, 0) is 9.53 Å². The molecule has 0 saturated heterocycles. The molecular weight excluding hydrogens is 426 g/mol. The number of rotatable bonds is 11. The van der Waals surface area contributed by atoms with Crippen LogP contribution in [0.25, 0.3) is 5.57 Å². The highest BCUT2D eigenvalue weighted by Crippen LogP contribution is 2.26. The zero-order valence-electron chi connectivity index (χ0n) is 20.5. The number of guanidine groups is 1. The molecule has 0 fully saturated rings. The molecule has 7 heteroatoms. The fourth-order valence-electron chi connectivity index (χ4n) is 3.09. The molecule has 2 rings (SSSR count). The van der Waals surface area contributed by atoms with Gasteiger partial charge in [0.25, 0.3) is 0 Å². The normalized spacial score (nSPS) is 11.9. The average molecular weight is 462 g/mol. The van der Waals surface area contributed by atoms with Gasteiger partial charge in [0.1, 0.15) is 0 Å². The number of nitriles is 1. The summed E-state index contributed by atoms with van der Waals surface area (Å²) in [5.41, 5.74) is 3.84. The zero-order valence-corrected chi connectivity index (χ0v) is 20.5. The summed E-state index contributed by atoms with van der Waals surface area (Å²) in [5, 5.41) is 14.9. The number of allylic oxidation sites excluding steroid dienone is 1. The molecule has 0 aliphatic rings. The van der Waals surface area contributed by atoms with Crippen LogP contribution in [-0.4, -0.2) is 30.1 Å². The first-order chi connectivity index (χ1) is 16.4. The maximum absolute atomic E-state index is 11.9. The number of ether oxygens (including phenoxy) is 1. The van der Waals surface area contributed by atoms with Crippen molar-refractivity contribution in [1.82, 2.24) is 10.3 Å². The number of nitrogens with zero attached hydrogens (tertiary/aromatic N) is 3. The summed E-state index contributed by atoms with van der Waals surface area (Å²) in [6, 6.07) is 11.9. The molecule has 1 aromatic carbocycles. The van der Waals surface area contributed by atoms with Gasteiger partial charge in [-0.1, -0.05) is 52.0 Å². The van der Waals surface area contributed by atoms with Crippen molar-refractivity contribution in [1.29, 1.82) is 5.26 Å². The Morgan fingerprint density at radius 3 is 2.65 bits per heavy atom. The van der Waals surface area contributed by atoms with E-state index < -0.39 is 0 Å². The molecule has 0 aliphatic heterocycles. The minimum absolute atomic E-state index is 0.158. The van der Waals surface area contributed by atoms with Crippen LogP contribution < -0.4 is 10.6 Å². The highest BCUT2D eigenvalue weighted by Gasteiger charge is 2.09. The largest absolute Gasteiger partial charge is 0.465 e. The lowest BCUT2D eigenvalue weighted by Crippen LogP contribution is -2.27. The molecule has 0 radical (unpaired) electrons. The van der Waals surface area contributed by atoms with Crippen LogP contribution in [0.1, 0.15) is 58.1 Å². The molecule has 180 valence electrons. The third-order valence-electron chi connectivity index (χ3n) is 4.71. The summed E-state index contributed by atoms with van der Waals surface area (Å²) in [5.74, 6) is 0.974. The SMILES string of the molecule is CC(C)CN=C(NC#N)Nc1cccc(/C(=C\CCCC(=O)OCC(C)C)c2cccnc2)c1. The van der Waals surface area contributed by atoms with E-state index in [9.17, 15) is 4.79 Å². The first kappa shape index (κ1) is 26.6. The van der Waals surface area contributed by atoms with Gasteiger partial charge in [-0.15, -0.1) is 0 Å². The van der Waals surface area contributed by atoms with Gasteiger partial charge < -0.3 is 10.1 Å². The van der Waals surface area contributed by atoms with Gasteiger partial charge in [-0.3, -0.25) is 20.1 Å². The van der Waals surface area contributed by atoms with Gasteiger partial charge in [0.2, 0.25) is 5.96 Å². The molecule has 0 bridgehead atoms. The molecule has 0 spiro atoms. The number of carbonyl (C=O) groups is 1. The van der Waals surface area contributed by atoms with Gasteiger partial charge in [-0.2, -0.15) is 5.26 Å². The van der Waals surface area contributed by atoms with E-state index >= 15 is 0 Å². The van der Waals surface area contributed by atoms with Gasteiger partial charge >= 0.3 is 5.97 Å². The lowest BCUT2D eigenvalue weighted by molar-refractivity contribution is -0.144. The summed E-state index contributed by atoms with van der Waals surface area (Å²) in [4.78, 5) is 20.6. The second-order valence-electron chi connectivity index (χ2n) is 8.85. The minimum atomic E-state index is -0.158. The number of hydrogen-bond acceptors (Lipinski definition) is 5.